The molecule has 6 heteroatoms. The minimum atomic E-state index is -0.398. The Labute approximate surface area is 157 Å². The molecule has 1 amide bonds. The van der Waals surface area contributed by atoms with E-state index in [2.05, 4.69) is 10.1 Å². The second-order valence-corrected chi connectivity index (χ2v) is 6.86. The molecular formula is C21H21FN4O. The van der Waals surface area contributed by atoms with Gasteiger partial charge in [-0.1, -0.05) is 6.07 Å². The number of aromatic nitrogens is 3. The van der Waals surface area contributed by atoms with Crippen molar-refractivity contribution in [1.82, 2.24) is 19.7 Å². The topological polar surface area (TPSA) is 51.0 Å². The van der Waals surface area contributed by atoms with E-state index >= 15 is 0 Å². The molecule has 1 unspecified atom stereocenters. The Morgan fingerprint density at radius 3 is 2.78 bits per heavy atom. The SMILES string of the molecule is Cn1cc(-c2ccncc2)c(C2CCCCN2C(=O)c2cccc(F)c2)n1. The normalized spacial score (nSPS) is 17.1. The number of nitrogens with zero attached hydrogens (tertiary/aromatic N) is 4. The molecule has 3 heterocycles. The number of carbonyl (C=O) groups is 1. The first-order chi connectivity index (χ1) is 13.1. The van der Waals surface area contributed by atoms with Crippen molar-refractivity contribution in [2.45, 2.75) is 25.3 Å². The summed E-state index contributed by atoms with van der Waals surface area (Å²) in [5, 5.41) is 4.68. The lowest BCUT2D eigenvalue weighted by Crippen LogP contribution is -2.39. The third-order valence-corrected chi connectivity index (χ3v) is 5.00. The predicted octanol–water partition coefficient (Wildman–Crippen LogP) is 3.99. The number of amides is 1. The van der Waals surface area contributed by atoms with Crippen LogP contribution < -0.4 is 0 Å². The van der Waals surface area contributed by atoms with E-state index in [1.807, 2.05) is 30.3 Å². The lowest BCUT2D eigenvalue weighted by atomic mass is 9.94. The third-order valence-electron chi connectivity index (χ3n) is 5.00. The maximum absolute atomic E-state index is 13.6. The zero-order valence-electron chi connectivity index (χ0n) is 15.2. The highest BCUT2D eigenvalue weighted by Gasteiger charge is 2.32. The van der Waals surface area contributed by atoms with Crippen LogP contribution >= 0.6 is 0 Å². The summed E-state index contributed by atoms with van der Waals surface area (Å²) in [6.07, 6.45) is 8.30. The van der Waals surface area contributed by atoms with Crippen molar-refractivity contribution in [2.75, 3.05) is 6.54 Å². The van der Waals surface area contributed by atoms with Crippen molar-refractivity contribution in [3.63, 3.8) is 0 Å². The van der Waals surface area contributed by atoms with Gasteiger partial charge in [0.1, 0.15) is 5.82 Å². The van der Waals surface area contributed by atoms with Crippen LogP contribution in [0.25, 0.3) is 11.1 Å². The van der Waals surface area contributed by atoms with E-state index < -0.39 is 5.82 Å². The fourth-order valence-electron chi connectivity index (χ4n) is 3.75. The Morgan fingerprint density at radius 2 is 2.00 bits per heavy atom. The summed E-state index contributed by atoms with van der Waals surface area (Å²) in [5.74, 6) is -0.546. The highest BCUT2D eigenvalue weighted by molar-refractivity contribution is 5.94. The number of pyridine rings is 1. The van der Waals surface area contributed by atoms with Gasteiger partial charge in [-0.3, -0.25) is 14.5 Å². The minimum Gasteiger partial charge on any atom is -0.330 e. The molecule has 1 fully saturated rings. The van der Waals surface area contributed by atoms with Gasteiger partial charge in [0.2, 0.25) is 0 Å². The Bertz CT molecular complexity index is 954. The van der Waals surface area contributed by atoms with Gasteiger partial charge in [-0.2, -0.15) is 5.10 Å². The molecule has 5 nitrogen and oxygen atoms in total. The van der Waals surface area contributed by atoms with Crippen molar-refractivity contribution < 1.29 is 9.18 Å². The molecule has 1 saturated heterocycles. The van der Waals surface area contributed by atoms with Crippen LogP contribution in [0.1, 0.15) is 41.4 Å². The van der Waals surface area contributed by atoms with E-state index in [0.29, 0.717) is 12.1 Å². The number of aryl methyl sites for hydroxylation is 1. The van der Waals surface area contributed by atoms with Crippen LogP contribution in [-0.4, -0.2) is 32.1 Å². The number of hydrogen-bond donors (Lipinski definition) is 0. The number of likely N-dealkylation sites (tertiary alicyclic amines) is 1. The average Bonchev–Trinajstić information content (AvgIpc) is 3.10. The van der Waals surface area contributed by atoms with Gasteiger partial charge in [-0.25, -0.2) is 4.39 Å². The Morgan fingerprint density at radius 1 is 1.19 bits per heavy atom. The number of hydrogen-bond acceptors (Lipinski definition) is 3. The van der Waals surface area contributed by atoms with Crippen LogP contribution in [0.4, 0.5) is 4.39 Å². The maximum atomic E-state index is 13.6. The molecule has 1 aliphatic rings. The van der Waals surface area contributed by atoms with Crippen LogP contribution in [0.2, 0.25) is 0 Å². The summed E-state index contributed by atoms with van der Waals surface area (Å²) < 4.78 is 15.4. The van der Waals surface area contributed by atoms with Crippen molar-refractivity contribution in [3.8, 4) is 11.1 Å². The fraction of sp³-hybridized carbons (Fsp3) is 0.286. The van der Waals surface area contributed by atoms with E-state index in [-0.39, 0.29) is 11.9 Å². The van der Waals surface area contributed by atoms with Crippen LogP contribution in [0, 0.1) is 5.82 Å². The molecule has 0 N–H and O–H groups in total. The number of benzene rings is 1. The van der Waals surface area contributed by atoms with E-state index in [1.54, 1.807) is 29.2 Å². The lowest BCUT2D eigenvalue weighted by Gasteiger charge is -2.35. The summed E-state index contributed by atoms with van der Waals surface area (Å²) in [7, 11) is 1.88. The number of rotatable bonds is 3. The summed E-state index contributed by atoms with van der Waals surface area (Å²) in [6.45, 7) is 0.645. The standard InChI is InChI=1S/C21H21FN4O/c1-25-14-18(15-8-10-23-11-9-15)20(24-25)19-7-2-3-12-26(19)21(27)16-5-4-6-17(22)13-16/h4-6,8-11,13-14,19H,2-3,7,12H2,1H3. The molecule has 27 heavy (non-hydrogen) atoms. The van der Waals surface area contributed by atoms with Crippen LogP contribution in [0.5, 0.6) is 0 Å². The Hall–Kier alpha value is -3.02. The molecule has 0 spiro atoms. The number of carbonyl (C=O) groups excluding carboxylic acids is 1. The summed E-state index contributed by atoms with van der Waals surface area (Å²) in [5.41, 5.74) is 3.29. The minimum absolute atomic E-state index is 0.126. The highest BCUT2D eigenvalue weighted by Crippen LogP contribution is 2.36. The first-order valence-corrected chi connectivity index (χ1v) is 9.14. The van der Waals surface area contributed by atoms with Gasteiger partial charge < -0.3 is 4.90 Å². The smallest absolute Gasteiger partial charge is 0.254 e. The number of piperidine rings is 1. The largest absolute Gasteiger partial charge is 0.330 e. The first kappa shape index (κ1) is 17.4. The molecule has 0 radical (unpaired) electrons. The molecule has 1 aliphatic heterocycles. The van der Waals surface area contributed by atoms with E-state index in [1.165, 1.54) is 12.1 Å². The quantitative estimate of drug-likeness (QED) is 0.706. The number of halogens is 1. The fourth-order valence-corrected chi connectivity index (χ4v) is 3.75. The van der Waals surface area contributed by atoms with Gasteiger partial charge in [-0.05, 0) is 55.2 Å². The Balaban J connectivity index is 1.73. The zero-order valence-corrected chi connectivity index (χ0v) is 15.2. The molecule has 0 saturated carbocycles. The second-order valence-electron chi connectivity index (χ2n) is 6.86. The van der Waals surface area contributed by atoms with Crippen molar-refractivity contribution in [2.24, 2.45) is 7.05 Å². The van der Waals surface area contributed by atoms with E-state index in [4.69, 9.17) is 0 Å². The Kier molecular flexibility index (Phi) is 4.71. The van der Waals surface area contributed by atoms with E-state index in [9.17, 15) is 9.18 Å². The van der Waals surface area contributed by atoms with Crippen LogP contribution in [0.3, 0.4) is 0 Å². The van der Waals surface area contributed by atoms with Crippen LogP contribution in [-0.2, 0) is 7.05 Å². The van der Waals surface area contributed by atoms with Crippen molar-refractivity contribution >= 4 is 5.91 Å². The van der Waals surface area contributed by atoms with Gasteiger partial charge in [0.15, 0.2) is 0 Å². The van der Waals surface area contributed by atoms with Gasteiger partial charge in [0, 0.05) is 43.3 Å². The lowest BCUT2D eigenvalue weighted by molar-refractivity contribution is 0.0605. The third kappa shape index (κ3) is 3.47. The van der Waals surface area contributed by atoms with Crippen molar-refractivity contribution in [1.29, 1.82) is 0 Å². The molecular weight excluding hydrogens is 343 g/mol. The van der Waals surface area contributed by atoms with Gasteiger partial charge in [0.05, 0.1) is 11.7 Å². The first-order valence-electron chi connectivity index (χ1n) is 9.14. The molecule has 3 aromatic rings. The molecule has 0 bridgehead atoms. The molecule has 0 aliphatic carbocycles. The van der Waals surface area contributed by atoms with Gasteiger partial charge in [-0.15, -0.1) is 0 Å². The molecule has 138 valence electrons. The average molecular weight is 364 g/mol. The predicted molar refractivity (Wildman–Crippen MR) is 100 cm³/mol. The molecule has 2 aromatic heterocycles. The summed E-state index contributed by atoms with van der Waals surface area (Å²) >= 11 is 0. The summed E-state index contributed by atoms with van der Waals surface area (Å²) in [4.78, 5) is 19.0. The second kappa shape index (κ2) is 7.31. The maximum Gasteiger partial charge on any atom is 0.254 e. The highest BCUT2D eigenvalue weighted by atomic mass is 19.1. The molecule has 1 atom stereocenters. The zero-order chi connectivity index (χ0) is 18.8. The van der Waals surface area contributed by atoms with Gasteiger partial charge >= 0.3 is 0 Å². The van der Waals surface area contributed by atoms with Crippen molar-refractivity contribution in [3.05, 3.63) is 72.1 Å². The van der Waals surface area contributed by atoms with Gasteiger partial charge in [0.25, 0.3) is 5.91 Å². The monoisotopic (exact) mass is 364 g/mol. The summed E-state index contributed by atoms with van der Waals surface area (Å²) in [6, 6.07) is 9.66. The molecule has 4 rings (SSSR count). The van der Waals surface area contributed by atoms with Crippen LogP contribution in [0.15, 0.2) is 55.0 Å². The molecule has 1 aromatic carbocycles. The van der Waals surface area contributed by atoms with E-state index in [0.717, 1.165) is 36.1 Å².